The Morgan fingerprint density at radius 2 is 1.90 bits per heavy atom. The molecule has 0 spiro atoms. The first-order valence-electron chi connectivity index (χ1n) is 6.31. The number of rotatable bonds is 4. The van der Waals surface area contributed by atoms with E-state index in [1.165, 1.54) is 7.11 Å². The Morgan fingerprint density at radius 1 is 1.20 bits per heavy atom. The van der Waals surface area contributed by atoms with Crippen LogP contribution in [0.15, 0.2) is 42.5 Å². The highest BCUT2D eigenvalue weighted by molar-refractivity contribution is 6.31. The molecule has 0 aromatic heterocycles. The number of hydrogen-bond acceptors (Lipinski definition) is 2. The van der Waals surface area contributed by atoms with Crippen molar-refractivity contribution in [1.29, 1.82) is 0 Å². The van der Waals surface area contributed by atoms with Gasteiger partial charge in [0.1, 0.15) is 0 Å². The molecule has 0 amide bonds. The quantitative estimate of drug-likeness (QED) is 0.928. The second-order valence-electron chi connectivity index (χ2n) is 5.01. The van der Waals surface area contributed by atoms with E-state index in [4.69, 9.17) is 22.1 Å². The van der Waals surface area contributed by atoms with Gasteiger partial charge in [-0.2, -0.15) is 0 Å². The van der Waals surface area contributed by atoms with Crippen LogP contribution >= 0.6 is 11.6 Å². The molecular weight excluding hydrogens is 277 g/mol. The van der Waals surface area contributed by atoms with E-state index in [0.29, 0.717) is 17.0 Å². The average Bonchev–Trinajstić information content (AvgIpc) is 2.41. The average molecular weight is 294 g/mol. The van der Waals surface area contributed by atoms with Crippen LogP contribution in [-0.4, -0.2) is 7.11 Å². The number of nitrogens with two attached hydrogens (primary N) is 1. The Bertz CT molecular complexity index is 613. The second kappa shape index (κ2) is 5.81. The largest absolute Gasteiger partial charge is 0.494 e. The molecule has 0 bridgehead atoms. The molecule has 4 heteroatoms. The molecule has 0 aliphatic heterocycles. The summed E-state index contributed by atoms with van der Waals surface area (Å²) < 4.78 is 19.2. The summed E-state index contributed by atoms with van der Waals surface area (Å²) in [6.45, 7) is 1.84. The summed E-state index contributed by atoms with van der Waals surface area (Å²) >= 11 is 6.17. The number of halogens is 2. The molecule has 2 N–H and O–H groups in total. The summed E-state index contributed by atoms with van der Waals surface area (Å²) in [6, 6.07) is 12.4. The maximum Gasteiger partial charge on any atom is 0.168 e. The van der Waals surface area contributed by atoms with Crippen molar-refractivity contribution in [1.82, 2.24) is 0 Å². The molecule has 0 heterocycles. The van der Waals surface area contributed by atoms with Gasteiger partial charge in [0, 0.05) is 10.6 Å². The van der Waals surface area contributed by atoms with Crippen molar-refractivity contribution in [3.05, 3.63) is 64.4 Å². The lowest BCUT2D eigenvalue weighted by molar-refractivity contribution is 0.380. The van der Waals surface area contributed by atoms with E-state index in [1.54, 1.807) is 24.3 Å². The summed E-state index contributed by atoms with van der Waals surface area (Å²) in [5.41, 5.74) is 6.88. The first-order chi connectivity index (χ1) is 9.45. The minimum atomic E-state index is -0.758. The molecule has 106 valence electrons. The fourth-order valence-corrected chi connectivity index (χ4v) is 2.62. The van der Waals surface area contributed by atoms with Crippen LogP contribution in [0.25, 0.3) is 0 Å². The van der Waals surface area contributed by atoms with Gasteiger partial charge in [-0.3, -0.25) is 0 Å². The zero-order chi connectivity index (χ0) is 14.8. The summed E-state index contributed by atoms with van der Waals surface area (Å²) in [5.74, 6) is -0.156. The molecule has 0 saturated carbocycles. The topological polar surface area (TPSA) is 35.2 Å². The Labute approximate surface area is 123 Å². The predicted octanol–water partition coefficient (Wildman–Crippen LogP) is 3.90. The third kappa shape index (κ3) is 2.94. The van der Waals surface area contributed by atoms with Crippen molar-refractivity contribution in [3.8, 4) is 5.75 Å². The van der Waals surface area contributed by atoms with E-state index in [9.17, 15) is 4.39 Å². The first kappa shape index (κ1) is 14.8. The van der Waals surface area contributed by atoms with Crippen molar-refractivity contribution < 1.29 is 9.13 Å². The predicted molar refractivity (Wildman–Crippen MR) is 79.6 cm³/mol. The highest BCUT2D eigenvalue weighted by Gasteiger charge is 2.26. The van der Waals surface area contributed by atoms with Gasteiger partial charge in [0.05, 0.1) is 7.11 Å². The molecule has 2 nitrogen and oxygen atoms in total. The van der Waals surface area contributed by atoms with Crippen LogP contribution in [0, 0.1) is 5.82 Å². The van der Waals surface area contributed by atoms with Gasteiger partial charge in [-0.25, -0.2) is 4.39 Å². The molecule has 2 aromatic rings. The van der Waals surface area contributed by atoms with Crippen LogP contribution in [0.4, 0.5) is 4.39 Å². The molecule has 0 aliphatic carbocycles. The lowest BCUT2D eigenvalue weighted by Gasteiger charge is -2.27. The third-order valence-corrected chi connectivity index (χ3v) is 3.64. The van der Waals surface area contributed by atoms with Gasteiger partial charge >= 0.3 is 0 Å². The number of methoxy groups -OCH3 is 1. The molecular formula is C16H17ClFNO. The first-order valence-corrected chi connectivity index (χ1v) is 6.69. The molecule has 0 fully saturated rings. The summed E-state index contributed by atoms with van der Waals surface area (Å²) in [6.07, 6.45) is 0.333. The zero-order valence-corrected chi connectivity index (χ0v) is 12.2. The zero-order valence-electron chi connectivity index (χ0n) is 11.5. The molecule has 0 saturated heterocycles. The number of benzene rings is 2. The van der Waals surface area contributed by atoms with Gasteiger partial charge < -0.3 is 10.5 Å². The Kier molecular flexibility index (Phi) is 4.31. The van der Waals surface area contributed by atoms with Gasteiger partial charge in [-0.15, -0.1) is 0 Å². The lowest BCUT2D eigenvalue weighted by Crippen LogP contribution is -2.36. The summed E-state index contributed by atoms with van der Waals surface area (Å²) in [5, 5.41) is 0.584. The standard InChI is InChI=1S/C16H17ClFNO/c1-16(19,12-7-3-4-8-13(12)17)10-11-6-5-9-14(20-2)15(11)18/h3-9H,10,19H2,1-2H3. The van der Waals surface area contributed by atoms with E-state index in [2.05, 4.69) is 0 Å². The highest BCUT2D eigenvalue weighted by Crippen LogP contribution is 2.31. The van der Waals surface area contributed by atoms with Crippen LogP contribution in [-0.2, 0) is 12.0 Å². The number of ether oxygens (including phenoxy) is 1. The fourth-order valence-electron chi connectivity index (χ4n) is 2.27. The van der Waals surface area contributed by atoms with Crippen molar-refractivity contribution in [3.63, 3.8) is 0 Å². The van der Waals surface area contributed by atoms with Gasteiger partial charge in [0.2, 0.25) is 0 Å². The Hall–Kier alpha value is -1.58. The molecule has 1 atom stereocenters. The minimum Gasteiger partial charge on any atom is -0.494 e. The monoisotopic (exact) mass is 293 g/mol. The van der Waals surface area contributed by atoms with Crippen molar-refractivity contribution in [2.45, 2.75) is 18.9 Å². The smallest absolute Gasteiger partial charge is 0.168 e. The molecule has 20 heavy (non-hydrogen) atoms. The van der Waals surface area contributed by atoms with Crippen LogP contribution in [0.2, 0.25) is 5.02 Å². The van der Waals surface area contributed by atoms with Crippen LogP contribution < -0.4 is 10.5 Å². The normalized spacial score (nSPS) is 13.8. The summed E-state index contributed by atoms with van der Waals surface area (Å²) in [7, 11) is 1.44. The number of hydrogen-bond donors (Lipinski definition) is 1. The van der Waals surface area contributed by atoms with Gasteiger partial charge in [0.15, 0.2) is 11.6 Å². The van der Waals surface area contributed by atoms with Crippen molar-refractivity contribution >= 4 is 11.6 Å². The van der Waals surface area contributed by atoms with E-state index in [0.717, 1.165) is 5.56 Å². The molecule has 0 aliphatic rings. The maximum atomic E-state index is 14.2. The second-order valence-corrected chi connectivity index (χ2v) is 5.41. The molecule has 2 aromatic carbocycles. The van der Waals surface area contributed by atoms with E-state index >= 15 is 0 Å². The van der Waals surface area contributed by atoms with Crippen LogP contribution in [0.1, 0.15) is 18.1 Å². The Morgan fingerprint density at radius 3 is 2.55 bits per heavy atom. The van der Waals surface area contributed by atoms with Gasteiger partial charge in [0.25, 0.3) is 0 Å². The minimum absolute atomic E-state index is 0.220. The van der Waals surface area contributed by atoms with Crippen LogP contribution in [0.3, 0.4) is 0 Å². The van der Waals surface area contributed by atoms with E-state index in [-0.39, 0.29) is 11.6 Å². The maximum absolute atomic E-state index is 14.2. The third-order valence-electron chi connectivity index (χ3n) is 3.31. The SMILES string of the molecule is COc1cccc(CC(C)(N)c2ccccc2Cl)c1F. The van der Waals surface area contributed by atoms with E-state index in [1.807, 2.05) is 25.1 Å². The molecule has 1 unspecified atom stereocenters. The highest BCUT2D eigenvalue weighted by atomic mass is 35.5. The Balaban J connectivity index is 2.36. The van der Waals surface area contributed by atoms with Gasteiger partial charge in [-0.05, 0) is 36.6 Å². The molecule has 2 rings (SSSR count). The van der Waals surface area contributed by atoms with Crippen LogP contribution in [0.5, 0.6) is 5.75 Å². The lowest BCUT2D eigenvalue weighted by atomic mass is 9.86. The van der Waals surface area contributed by atoms with Crippen molar-refractivity contribution in [2.75, 3.05) is 7.11 Å². The van der Waals surface area contributed by atoms with Crippen molar-refractivity contribution in [2.24, 2.45) is 5.73 Å². The van der Waals surface area contributed by atoms with Gasteiger partial charge in [-0.1, -0.05) is 41.9 Å². The molecule has 0 radical (unpaired) electrons. The summed E-state index contributed by atoms with van der Waals surface area (Å²) in [4.78, 5) is 0. The van der Waals surface area contributed by atoms with E-state index < -0.39 is 5.54 Å². The fraction of sp³-hybridized carbons (Fsp3) is 0.250.